The third-order valence-corrected chi connectivity index (χ3v) is 5.40. The van der Waals surface area contributed by atoms with Gasteiger partial charge in [-0.25, -0.2) is 0 Å². The number of aromatic nitrogens is 2. The normalized spacial score (nSPS) is 23.8. The second-order valence-corrected chi connectivity index (χ2v) is 6.31. The molecular formula is C13H22ClN3S. The maximum atomic E-state index is 6.32. The van der Waals surface area contributed by atoms with Gasteiger partial charge < -0.3 is 5.32 Å². The van der Waals surface area contributed by atoms with E-state index in [0.717, 1.165) is 34.7 Å². The summed E-state index contributed by atoms with van der Waals surface area (Å²) in [7, 11) is 0. The Kier molecular flexibility index (Phi) is 4.98. The molecule has 0 saturated heterocycles. The van der Waals surface area contributed by atoms with E-state index >= 15 is 0 Å². The number of hydrogen-bond donors (Lipinski definition) is 1. The van der Waals surface area contributed by atoms with Gasteiger partial charge >= 0.3 is 0 Å². The van der Waals surface area contributed by atoms with Crippen LogP contribution in [0, 0.1) is 6.92 Å². The van der Waals surface area contributed by atoms with Crippen molar-refractivity contribution in [3.63, 3.8) is 0 Å². The molecule has 102 valence electrons. The molecule has 1 aromatic heterocycles. The second-order valence-electron chi connectivity index (χ2n) is 4.85. The van der Waals surface area contributed by atoms with Crippen molar-refractivity contribution in [3.05, 3.63) is 16.4 Å². The molecule has 0 aliphatic heterocycles. The predicted molar refractivity (Wildman–Crippen MR) is 79.4 cm³/mol. The van der Waals surface area contributed by atoms with E-state index in [1.807, 2.05) is 23.4 Å². The molecule has 0 aromatic carbocycles. The second kappa shape index (κ2) is 6.31. The Morgan fingerprint density at radius 2 is 2.28 bits per heavy atom. The first kappa shape index (κ1) is 14.2. The van der Waals surface area contributed by atoms with Crippen molar-refractivity contribution in [3.8, 4) is 0 Å². The molecule has 2 rings (SSSR count). The third-order valence-electron chi connectivity index (χ3n) is 3.74. The van der Waals surface area contributed by atoms with Crippen molar-refractivity contribution in [1.29, 1.82) is 0 Å². The molecule has 1 N–H and O–H groups in total. The standard InChI is InChI=1S/C13H22ClN3S/c1-4-17-11(13(14)9(2)16-17)8-15-10-6-5-7-12(10)18-3/h10,12,15H,4-8H2,1-3H3. The van der Waals surface area contributed by atoms with E-state index < -0.39 is 0 Å². The molecule has 18 heavy (non-hydrogen) atoms. The first-order chi connectivity index (χ1) is 8.67. The number of hydrogen-bond acceptors (Lipinski definition) is 3. The largest absolute Gasteiger partial charge is 0.307 e. The van der Waals surface area contributed by atoms with Crippen LogP contribution in [-0.2, 0) is 13.1 Å². The maximum Gasteiger partial charge on any atom is 0.0860 e. The zero-order chi connectivity index (χ0) is 13.1. The van der Waals surface area contributed by atoms with Crippen LogP contribution in [0.2, 0.25) is 5.02 Å². The summed E-state index contributed by atoms with van der Waals surface area (Å²) in [6.45, 7) is 5.78. The molecule has 5 heteroatoms. The molecule has 0 radical (unpaired) electrons. The summed E-state index contributed by atoms with van der Waals surface area (Å²) in [6, 6.07) is 0.622. The van der Waals surface area contributed by atoms with Crippen molar-refractivity contribution in [2.24, 2.45) is 0 Å². The van der Waals surface area contributed by atoms with Gasteiger partial charge in [0.15, 0.2) is 0 Å². The molecule has 0 spiro atoms. The van der Waals surface area contributed by atoms with E-state index in [9.17, 15) is 0 Å². The van der Waals surface area contributed by atoms with Gasteiger partial charge in [-0.2, -0.15) is 16.9 Å². The fourth-order valence-corrected chi connectivity index (χ4v) is 3.87. The van der Waals surface area contributed by atoms with Gasteiger partial charge in [0.2, 0.25) is 0 Å². The Labute approximate surface area is 119 Å². The molecule has 1 fully saturated rings. The fraction of sp³-hybridized carbons (Fsp3) is 0.769. The van der Waals surface area contributed by atoms with Gasteiger partial charge in [0.25, 0.3) is 0 Å². The Bertz CT molecular complexity index is 405. The van der Waals surface area contributed by atoms with E-state index in [1.54, 1.807) is 0 Å². The van der Waals surface area contributed by atoms with Crippen molar-refractivity contribution in [1.82, 2.24) is 15.1 Å². The molecule has 1 aromatic rings. The van der Waals surface area contributed by atoms with E-state index in [1.165, 1.54) is 19.3 Å². The highest BCUT2D eigenvalue weighted by Crippen LogP contribution is 2.29. The van der Waals surface area contributed by atoms with E-state index in [2.05, 4.69) is 23.6 Å². The van der Waals surface area contributed by atoms with Crippen LogP contribution in [0.3, 0.4) is 0 Å². The predicted octanol–water partition coefficient (Wildman–Crippen LogP) is 3.24. The zero-order valence-electron chi connectivity index (χ0n) is 11.4. The first-order valence-electron chi connectivity index (χ1n) is 6.65. The summed E-state index contributed by atoms with van der Waals surface area (Å²) in [5, 5.41) is 9.69. The Morgan fingerprint density at radius 1 is 1.50 bits per heavy atom. The summed E-state index contributed by atoms with van der Waals surface area (Å²) in [6.07, 6.45) is 6.15. The topological polar surface area (TPSA) is 29.9 Å². The lowest BCUT2D eigenvalue weighted by Gasteiger charge is -2.19. The first-order valence-corrected chi connectivity index (χ1v) is 8.31. The van der Waals surface area contributed by atoms with E-state index in [0.29, 0.717) is 6.04 Å². The molecule has 2 atom stereocenters. The lowest BCUT2D eigenvalue weighted by molar-refractivity contribution is 0.504. The minimum atomic E-state index is 0.622. The zero-order valence-corrected chi connectivity index (χ0v) is 12.9. The van der Waals surface area contributed by atoms with Crippen LogP contribution in [0.1, 0.15) is 37.6 Å². The summed E-state index contributed by atoms with van der Waals surface area (Å²) >= 11 is 8.30. The molecule has 0 bridgehead atoms. The Balaban J connectivity index is 2.01. The fourth-order valence-electron chi connectivity index (χ4n) is 2.71. The van der Waals surface area contributed by atoms with Crippen LogP contribution >= 0.6 is 23.4 Å². The lowest BCUT2D eigenvalue weighted by atomic mass is 10.2. The van der Waals surface area contributed by atoms with Crippen molar-refractivity contribution in [2.75, 3.05) is 6.26 Å². The summed E-state index contributed by atoms with van der Waals surface area (Å²) < 4.78 is 2.01. The van der Waals surface area contributed by atoms with Crippen molar-refractivity contribution >= 4 is 23.4 Å². The third kappa shape index (κ3) is 2.86. The smallest absolute Gasteiger partial charge is 0.0860 e. The van der Waals surface area contributed by atoms with Crippen molar-refractivity contribution in [2.45, 2.75) is 57.5 Å². The average Bonchev–Trinajstić information content (AvgIpc) is 2.93. The number of thioether (sulfide) groups is 1. The minimum absolute atomic E-state index is 0.622. The molecule has 0 amide bonds. The highest BCUT2D eigenvalue weighted by atomic mass is 35.5. The van der Waals surface area contributed by atoms with Gasteiger partial charge in [-0.05, 0) is 32.9 Å². The lowest BCUT2D eigenvalue weighted by Crippen LogP contribution is -2.34. The summed E-state index contributed by atoms with van der Waals surface area (Å²) in [4.78, 5) is 0. The quantitative estimate of drug-likeness (QED) is 0.902. The van der Waals surface area contributed by atoms with Crippen molar-refractivity contribution < 1.29 is 0 Å². The molecule has 1 aliphatic carbocycles. The summed E-state index contributed by atoms with van der Waals surface area (Å²) in [5.41, 5.74) is 2.06. The van der Waals surface area contributed by atoms with Crippen LogP contribution < -0.4 is 5.32 Å². The van der Waals surface area contributed by atoms with Crippen LogP contribution in [0.4, 0.5) is 0 Å². The van der Waals surface area contributed by atoms with Gasteiger partial charge in [-0.3, -0.25) is 4.68 Å². The highest BCUT2D eigenvalue weighted by Gasteiger charge is 2.26. The molecular weight excluding hydrogens is 266 g/mol. The van der Waals surface area contributed by atoms with Gasteiger partial charge in [-0.1, -0.05) is 18.0 Å². The minimum Gasteiger partial charge on any atom is -0.307 e. The molecule has 3 nitrogen and oxygen atoms in total. The Morgan fingerprint density at radius 3 is 2.94 bits per heavy atom. The van der Waals surface area contributed by atoms with Crippen LogP contribution in [0.15, 0.2) is 0 Å². The van der Waals surface area contributed by atoms with Gasteiger partial charge in [0.1, 0.15) is 0 Å². The van der Waals surface area contributed by atoms with E-state index in [4.69, 9.17) is 11.6 Å². The van der Waals surface area contributed by atoms with Crippen LogP contribution in [0.25, 0.3) is 0 Å². The van der Waals surface area contributed by atoms with Crippen LogP contribution in [0.5, 0.6) is 0 Å². The number of rotatable bonds is 5. The number of aryl methyl sites for hydroxylation is 2. The molecule has 1 saturated carbocycles. The number of halogens is 1. The Hall–Kier alpha value is -0.190. The van der Waals surface area contributed by atoms with E-state index in [-0.39, 0.29) is 0 Å². The maximum absolute atomic E-state index is 6.32. The van der Waals surface area contributed by atoms with Gasteiger partial charge in [-0.15, -0.1) is 0 Å². The number of nitrogens with one attached hydrogen (secondary N) is 1. The SMILES string of the molecule is CCn1nc(C)c(Cl)c1CNC1CCCC1SC. The highest BCUT2D eigenvalue weighted by molar-refractivity contribution is 7.99. The summed E-state index contributed by atoms with van der Waals surface area (Å²) in [5.74, 6) is 0. The van der Waals surface area contributed by atoms with Gasteiger partial charge in [0, 0.05) is 24.4 Å². The van der Waals surface area contributed by atoms with Gasteiger partial charge in [0.05, 0.1) is 16.4 Å². The van der Waals surface area contributed by atoms with Crippen LogP contribution in [-0.4, -0.2) is 27.3 Å². The molecule has 2 unspecified atom stereocenters. The average molecular weight is 288 g/mol. The monoisotopic (exact) mass is 287 g/mol. The molecule has 1 heterocycles. The number of nitrogens with zero attached hydrogens (tertiary/aromatic N) is 2. The molecule has 1 aliphatic rings.